The summed E-state index contributed by atoms with van der Waals surface area (Å²) < 4.78 is 0. The number of rotatable bonds is 5. The molecule has 0 saturated heterocycles. The molecule has 0 fully saturated rings. The molecule has 27 heavy (non-hydrogen) atoms. The molecule has 0 bridgehead atoms. The number of carbonyl (C=O) groups excluding carboxylic acids is 1. The van der Waals surface area contributed by atoms with Gasteiger partial charge < -0.3 is 10.2 Å². The Balaban J connectivity index is 1.85. The number of carbonyl (C=O) groups is 1. The van der Waals surface area contributed by atoms with Crippen molar-refractivity contribution in [2.45, 2.75) is 13.8 Å². The van der Waals surface area contributed by atoms with Gasteiger partial charge >= 0.3 is 0 Å². The summed E-state index contributed by atoms with van der Waals surface area (Å²) in [5, 5.41) is 12.1. The molecule has 6 nitrogen and oxygen atoms in total. The highest BCUT2D eigenvalue weighted by molar-refractivity contribution is 6.05. The Morgan fingerprint density at radius 2 is 1.96 bits per heavy atom. The van der Waals surface area contributed by atoms with E-state index in [4.69, 9.17) is 5.26 Å². The van der Waals surface area contributed by atoms with E-state index >= 15 is 0 Å². The molecule has 0 radical (unpaired) electrons. The van der Waals surface area contributed by atoms with Crippen molar-refractivity contribution in [3.63, 3.8) is 0 Å². The van der Waals surface area contributed by atoms with Crippen molar-refractivity contribution in [2.75, 3.05) is 16.8 Å². The summed E-state index contributed by atoms with van der Waals surface area (Å²) in [6.45, 7) is 4.44. The minimum absolute atomic E-state index is 0.195. The Kier molecular flexibility index (Phi) is 5.43. The van der Waals surface area contributed by atoms with Crippen molar-refractivity contribution in [2.24, 2.45) is 0 Å². The Hall–Kier alpha value is -3.72. The van der Waals surface area contributed by atoms with Crippen LogP contribution in [0.25, 0.3) is 0 Å². The first-order valence-corrected chi connectivity index (χ1v) is 8.58. The lowest BCUT2D eigenvalue weighted by Gasteiger charge is -2.21. The van der Waals surface area contributed by atoms with Crippen LogP contribution >= 0.6 is 0 Å². The normalized spacial score (nSPS) is 10.1. The van der Waals surface area contributed by atoms with Gasteiger partial charge in [-0.1, -0.05) is 18.2 Å². The molecule has 0 unspecified atom stereocenters. The Bertz CT molecular complexity index is 1010. The van der Waals surface area contributed by atoms with Crippen molar-refractivity contribution in [3.05, 3.63) is 77.7 Å². The molecule has 2 aromatic carbocycles. The average molecular weight is 357 g/mol. The fourth-order valence-corrected chi connectivity index (χ4v) is 2.73. The highest BCUT2D eigenvalue weighted by atomic mass is 16.2. The molecule has 0 aliphatic heterocycles. The molecule has 1 aromatic heterocycles. The summed E-state index contributed by atoms with van der Waals surface area (Å²) in [5.74, 6) is 0.295. The first-order valence-electron chi connectivity index (χ1n) is 8.58. The third-order valence-corrected chi connectivity index (χ3v) is 4.02. The van der Waals surface area contributed by atoms with Crippen molar-refractivity contribution < 1.29 is 4.79 Å². The molecule has 0 atom stereocenters. The van der Waals surface area contributed by atoms with E-state index in [1.165, 1.54) is 6.33 Å². The van der Waals surface area contributed by atoms with Gasteiger partial charge in [0.1, 0.15) is 17.8 Å². The van der Waals surface area contributed by atoms with E-state index in [1.807, 2.05) is 44.2 Å². The second-order valence-electron chi connectivity index (χ2n) is 5.99. The largest absolute Gasteiger partial charge is 0.340 e. The maximum atomic E-state index is 13.0. The number of anilines is 3. The van der Waals surface area contributed by atoms with Crippen molar-refractivity contribution in [1.29, 1.82) is 5.26 Å². The molecule has 1 heterocycles. The summed E-state index contributed by atoms with van der Waals surface area (Å²) in [7, 11) is 0. The molecule has 0 spiro atoms. The van der Waals surface area contributed by atoms with Crippen LogP contribution in [-0.2, 0) is 0 Å². The minimum Gasteiger partial charge on any atom is -0.340 e. The topological polar surface area (TPSA) is 81.9 Å². The molecular formula is C21H19N5O. The summed E-state index contributed by atoms with van der Waals surface area (Å²) in [6, 6.07) is 18.5. The molecule has 0 saturated carbocycles. The Labute approximate surface area is 158 Å². The standard InChI is InChI=1S/C21H19N5O/c1-3-26(18-9-4-6-15(2)10-18)21(27)19-12-20(24-14-23-19)25-17-8-5-7-16(11-17)13-22/h4-12,14H,3H2,1-2H3,(H,23,24,25). The van der Waals surface area contributed by atoms with E-state index in [9.17, 15) is 4.79 Å². The van der Waals surface area contributed by atoms with Gasteiger partial charge in [0.25, 0.3) is 5.91 Å². The third-order valence-electron chi connectivity index (χ3n) is 4.02. The lowest BCUT2D eigenvalue weighted by Crippen LogP contribution is -2.31. The number of nitrogens with zero attached hydrogens (tertiary/aromatic N) is 4. The van der Waals surface area contributed by atoms with Crippen LogP contribution in [0.1, 0.15) is 28.5 Å². The second kappa shape index (κ2) is 8.11. The number of aromatic nitrogens is 2. The number of hydrogen-bond acceptors (Lipinski definition) is 5. The molecular weight excluding hydrogens is 338 g/mol. The Morgan fingerprint density at radius 1 is 1.15 bits per heavy atom. The van der Waals surface area contributed by atoms with Crippen LogP contribution in [0.15, 0.2) is 60.9 Å². The number of amides is 1. The van der Waals surface area contributed by atoms with Gasteiger partial charge in [0.05, 0.1) is 11.6 Å². The summed E-state index contributed by atoms with van der Waals surface area (Å²) >= 11 is 0. The molecule has 1 amide bonds. The highest BCUT2D eigenvalue weighted by Crippen LogP contribution is 2.20. The minimum atomic E-state index is -0.195. The first-order chi connectivity index (χ1) is 13.1. The van der Waals surface area contributed by atoms with E-state index < -0.39 is 0 Å². The van der Waals surface area contributed by atoms with Gasteiger partial charge in [-0.05, 0) is 49.7 Å². The number of aryl methyl sites for hydroxylation is 1. The highest BCUT2D eigenvalue weighted by Gasteiger charge is 2.18. The third kappa shape index (κ3) is 4.28. The average Bonchev–Trinajstić information content (AvgIpc) is 2.69. The Morgan fingerprint density at radius 3 is 2.70 bits per heavy atom. The fourth-order valence-electron chi connectivity index (χ4n) is 2.73. The predicted molar refractivity (Wildman–Crippen MR) is 105 cm³/mol. The maximum absolute atomic E-state index is 13.0. The zero-order chi connectivity index (χ0) is 19.2. The number of nitrogens with one attached hydrogen (secondary N) is 1. The van der Waals surface area contributed by atoms with Gasteiger partial charge in [-0.25, -0.2) is 9.97 Å². The predicted octanol–water partition coefficient (Wildman–Crippen LogP) is 4.07. The van der Waals surface area contributed by atoms with Gasteiger partial charge in [0, 0.05) is 24.0 Å². The van der Waals surface area contributed by atoms with Gasteiger partial charge in [-0.3, -0.25) is 4.79 Å². The zero-order valence-corrected chi connectivity index (χ0v) is 15.2. The molecule has 3 aromatic rings. The molecule has 1 N–H and O–H groups in total. The van der Waals surface area contributed by atoms with Crippen molar-refractivity contribution in [3.8, 4) is 6.07 Å². The van der Waals surface area contributed by atoms with E-state index in [-0.39, 0.29) is 5.91 Å². The van der Waals surface area contributed by atoms with Crippen molar-refractivity contribution >= 4 is 23.1 Å². The lowest BCUT2D eigenvalue weighted by atomic mass is 10.2. The van der Waals surface area contributed by atoms with E-state index in [1.54, 1.807) is 29.2 Å². The van der Waals surface area contributed by atoms with Gasteiger partial charge in [0.2, 0.25) is 0 Å². The molecule has 3 rings (SSSR count). The van der Waals surface area contributed by atoms with Crippen LogP contribution in [0.5, 0.6) is 0 Å². The zero-order valence-electron chi connectivity index (χ0n) is 15.2. The number of benzene rings is 2. The maximum Gasteiger partial charge on any atom is 0.277 e. The summed E-state index contributed by atoms with van der Waals surface area (Å²) in [6.07, 6.45) is 1.35. The lowest BCUT2D eigenvalue weighted by molar-refractivity contribution is 0.0983. The van der Waals surface area contributed by atoms with Gasteiger partial charge in [0.15, 0.2) is 0 Å². The van der Waals surface area contributed by atoms with E-state index in [0.29, 0.717) is 23.6 Å². The molecule has 134 valence electrons. The van der Waals surface area contributed by atoms with Crippen LogP contribution < -0.4 is 10.2 Å². The van der Waals surface area contributed by atoms with Crippen molar-refractivity contribution in [1.82, 2.24) is 9.97 Å². The second-order valence-corrected chi connectivity index (χ2v) is 5.99. The quantitative estimate of drug-likeness (QED) is 0.744. The molecule has 0 aliphatic carbocycles. The fraction of sp³-hybridized carbons (Fsp3) is 0.143. The van der Waals surface area contributed by atoms with Crippen LogP contribution in [0.3, 0.4) is 0 Å². The van der Waals surface area contributed by atoms with Crippen LogP contribution in [0, 0.1) is 18.3 Å². The molecule has 0 aliphatic rings. The van der Waals surface area contributed by atoms with Gasteiger partial charge in [-0.2, -0.15) is 5.26 Å². The van der Waals surface area contributed by atoms with Crippen LogP contribution in [0.2, 0.25) is 0 Å². The number of hydrogen-bond donors (Lipinski definition) is 1. The monoisotopic (exact) mass is 357 g/mol. The van der Waals surface area contributed by atoms with Crippen LogP contribution in [-0.4, -0.2) is 22.4 Å². The molecule has 6 heteroatoms. The van der Waals surface area contributed by atoms with Gasteiger partial charge in [-0.15, -0.1) is 0 Å². The van der Waals surface area contributed by atoms with Crippen LogP contribution in [0.4, 0.5) is 17.2 Å². The van der Waals surface area contributed by atoms with E-state index in [2.05, 4.69) is 21.4 Å². The summed E-state index contributed by atoms with van der Waals surface area (Å²) in [5.41, 5.74) is 3.48. The SMILES string of the molecule is CCN(C(=O)c1cc(Nc2cccc(C#N)c2)ncn1)c1cccc(C)c1. The summed E-state index contributed by atoms with van der Waals surface area (Å²) in [4.78, 5) is 22.9. The van der Waals surface area contributed by atoms with E-state index in [0.717, 1.165) is 16.9 Å². The first kappa shape index (κ1) is 18.1. The smallest absolute Gasteiger partial charge is 0.277 e. The number of nitriles is 1.